The molecule has 0 spiro atoms. The van der Waals surface area contributed by atoms with E-state index in [4.69, 9.17) is 17.0 Å². The van der Waals surface area contributed by atoms with Gasteiger partial charge < -0.3 is 4.74 Å². The quantitative estimate of drug-likeness (QED) is 0.435. The molecule has 0 aliphatic heterocycles. The van der Waals surface area contributed by atoms with Crippen molar-refractivity contribution in [3.05, 3.63) is 23.3 Å². The van der Waals surface area contributed by atoms with Gasteiger partial charge in [0.25, 0.3) is 0 Å². The number of nitrogens with one attached hydrogen (secondary N) is 1. The van der Waals surface area contributed by atoms with E-state index in [1.807, 2.05) is 0 Å². The van der Waals surface area contributed by atoms with Gasteiger partial charge in [-0.2, -0.15) is 4.98 Å². The third kappa shape index (κ3) is 2.75. The summed E-state index contributed by atoms with van der Waals surface area (Å²) in [7, 11) is 0. The van der Waals surface area contributed by atoms with E-state index >= 15 is 0 Å². The molecular formula is C7H7N3O2S. The molecule has 0 saturated carbocycles. The summed E-state index contributed by atoms with van der Waals surface area (Å²) in [5, 5.41) is 0. The van der Waals surface area contributed by atoms with Gasteiger partial charge in [-0.1, -0.05) is 6.58 Å². The Morgan fingerprint density at radius 1 is 1.69 bits per heavy atom. The molecule has 0 saturated heterocycles. The molecule has 0 amide bonds. The number of aromatic amines is 1. The summed E-state index contributed by atoms with van der Waals surface area (Å²) in [6.45, 7) is 4.96. The largest absolute Gasteiger partial charge is 0.389 e. The summed E-state index contributed by atoms with van der Waals surface area (Å²) in [6, 6.07) is 0.0213. The molecule has 6 heteroatoms. The molecule has 68 valence electrons. The van der Waals surface area contributed by atoms with Gasteiger partial charge >= 0.3 is 12.0 Å². The SMILES string of the molecule is C=C(C)C(=O)Oc1ncnc(=S)[nH]1. The second-order valence-corrected chi connectivity index (χ2v) is 2.67. The molecule has 1 aromatic rings. The van der Waals surface area contributed by atoms with Crippen LogP contribution in [0.4, 0.5) is 0 Å². The number of carbonyl (C=O) groups is 1. The third-order valence-electron chi connectivity index (χ3n) is 1.10. The van der Waals surface area contributed by atoms with Gasteiger partial charge in [-0.05, 0) is 19.1 Å². The minimum Gasteiger partial charge on any atom is -0.389 e. The number of hydrogen-bond donors (Lipinski definition) is 1. The number of nitrogens with zero attached hydrogens (tertiary/aromatic N) is 2. The van der Waals surface area contributed by atoms with Crippen LogP contribution >= 0.6 is 12.2 Å². The van der Waals surface area contributed by atoms with Crippen molar-refractivity contribution in [1.29, 1.82) is 0 Å². The van der Waals surface area contributed by atoms with Gasteiger partial charge in [0.2, 0.25) is 4.77 Å². The fourth-order valence-corrected chi connectivity index (χ4v) is 0.651. The molecule has 0 radical (unpaired) electrons. The Labute approximate surface area is 79.5 Å². The summed E-state index contributed by atoms with van der Waals surface area (Å²) >= 11 is 4.70. The molecule has 0 aliphatic carbocycles. The van der Waals surface area contributed by atoms with E-state index < -0.39 is 5.97 Å². The summed E-state index contributed by atoms with van der Waals surface area (Å²) in [5.74, 6) is -0.552. The fourth-order valence-electron chi connectivity index (χ4n) is 0.517. The van der Waals surface area contributed by atoms with E-state index in [2.05, 4.69) is 21.5 Å². The van der Waals surface area contributed by atoms with Crippen LogP contribution in [0.5, 0.6) is 6.01 Å². The van der Waals surface area contributed by atoms with Crippen LogP contribution in [-0.4, -0.2) is 20.9 Å². The number of aromatic nitrogens is 3. The van der Waals surface area contributed by atoms with Crippen LogP contribution < -0.4 is 4.74 Å². The van der Waals surface area contributed by atoms with Crippen LogP contribution in [0.2, 0.25) is 0 Å². The summed E-state index contributed by atoms with van der Waals surface area (Å²) in [6.07, 6.45) is 1.21. The Balaban J connectivity index is 2.81. The second-order valence-electron chi connectivity index (χ2n) is 2.28. The zero-order chi connectivity index (χ0) is 9.84. The number of hydrogen-bond acceptors (Lipinski definition) is 5. The Morgan fingerprint density at radius 3 is 2.92 bits per heavy atom. The molecule has 1 aromatic heterocycles. The van der Waals surface area contributed by atoms with Crippen LogP contribution in [0.1, 0.15) is 6.92 Å². The minimum atomic E-state index is -0.552. The average molecular weight is 197 g/mol. The zero-order valence-electron chi connectivity index (χ0n) is 6.90. The molecule has 0 aromatic carbocycles. The van der Waals surface area contributed by atoms with Gasteiger partial charge in [0.15, 0.2) is 0 Å². The number of esters is 1. The highest BCUT2D eigenvalue weighted by atomic mass is 32.1. The lowest BCUT2D eigenvalue weighted by Gasteiger charge is -2.00. The van der Waals surface area contributed by atoms with Gasteiger partial charge in [0.05, 0.1) is 0 Å². The van der Waals surface area contributed by atoms with Crippen molar-refractivity contribution in [2.45, 2.75) is 6.92 Å². The number of carbonyl (C=O) groups excluding carboxylic acids is 1. The second kappa shape index (κ2) is 3.90. The normalized spacial score (nSPS) is 9.31. The highest BCUT2D eigenvalue weighted by Gasteiger charge is 2.05. The van der Waals surface area contributed by atoms with E-state index in [1.54, 1.807) is 0 Å². The van der Waals surface area contributed by atoms with Crippen molar-refractivity contribution in [3.8, 4) is 6.01 Å². The van der Waals surface area contributed by atoms with Gasteiger partial charge in [-0.25, -0.2) is 9.78 Å². The summed E-state index contributed by atoms with van der Waals surface area (Å²) in [4.78, 5) is 20.8. The van der Waals surface area contributed by atoms with Crippen molar-refractivity contribution in [3.63, 3.8) is 0 Å². The van der Waals surface area contributed by atoms with Crippen LogP contribution in [0.15, 0.2) is 18.5 Å². The Kier molecular flexibility index (Phi) is 2.86. The number of H-pyrrole nitrogens is 1. The van der Waals surface area contributed by atoms with Crippen molar-refractivity contribution < 1.29 is 9.53 Å². The predicted molar refractivity (Wildman–Crippen MR) is 47.7 cm³/mol. The number of ether oxygens (including phenoxy) is 1. The number of rotatable bonds is 2. The maximum atomic E-state index is 11.0. The van der Waals surface area contributed by atoms with Gasteiger partial charge in [0, 0.05) is 5.57 Å². The molecule has 0 bridgehead atoms. The van der Waals surface area contributed by atoms with Crippen molar-refractivity contribution in [2.24, 2.45) is 0 Å². The molecule has 1 rings (SSSR count). The van der Waals surface area contributed by atoms with E-state index in [-0.39, 0.29) is 16.4 Å². The highest BCUT2D eigenvalue weighted by molar-refractivity contribution is 7.71. The molecule has 0 aliphatic rings. The van der Waals surface area contributed by atoms with Crippen LogP contribution in [0.3, 0.4) is 0 Å². The summed E-state index contributed by atoms with van der Waals surface area (Å²) < 4.78 is 4.95. The molecule has 13 heavy (non-hydrogen) atoms. The topological polar surface area (TPSA) is 67.9 Å². The molecule has 5 nitrogen and oxygen atoms in total. The lowest BCUT2D eigenvalue weighted by molar-refractivity contribution is -0.130. The lowest BCUT2D eigenvalue weighted by atomic mass is 10.4. The minimum absolute atomic E-state index is 0.0213. The zero-order valence-corrected chi connectivity index (χ0v) is 7.72. The van der Waals surface area contributed by atoms with Crippen LogP contribution in [0.25, 0.3) is 0 Å². The summed E-state index contributed by atoms with van der Waals surface area (Å²) in [5.41, 5.74) is 0.290. The molecule has 0 unspecified atom stereocenters. The average Bonchev–Trinajstić information content (AvgIpc) is 2.04. The third-order valence-corrected chi connectivity index (χ3v) is 1.31. The molecule has 1 heterocycles. The monoisotopic (exact) mass is 197 g/mol. The standard InChI is InChI=1S/C7H7N3O2S/c1-4(2)5(11)12-6-8-3-9-7(13)10-6/h3H,1H2,2H3,(H,8,9,10,13). The van der Waals surface area contributed by atoms with Crippen molar-refractivity contribution in [2.75, 3.05) is 0 Å². The van der Waals surface area contributed by atoms with E-state index in [0.29, 0.717) is 0 Å². The Hall–Kier alpha value is -1.56. The van der Waals surface area contributed by atoms with E-state index in [1.165, 1.54) is 13.3 Å². The highest BCUT2D eigenvalue weighted by Crippen LogP contribution is 2.00. The first-order valence-corrected chi connectivity index (χ1v) is 3.79. The predicted octanol–water partition coefficient (Wildman–Crippen LogP) is 1.02. The van der Waals surface area contributed by atoms with Gasteiger partial charge in [-0.15, -0.1) is 0 Å². The molecular weight excluding hydrogens is 190 g/mol. The smallest absolute Gasteiger partial charge is 0.340 e. The first-order valence-electron chi connectivity index (χ1n) is 3.38. The van der Waals surface area contributed by atoms with Crippen LogP contribution in [0, 0.1) is 4.77 Å². The van der Waals surface area contributed by atoms with Gasteiger partial charge in [0.1, 0.15) is 6.33 Å². The van der Waals surface area contributed by atoms with E-state index in [0.717, 1.165) is 0 Å². The Morgan fingerprint density at radius 2 is 2.38 bits per heavy atom. The van der Waals surface area contributed by atoms with Gasteiger partial charge in [-0.3, -0.25) is 4.98 Å². The van der Waals surface area contributed by atoms with Crippen molar-refractivity contribution >= 4 is 18.2 Å². The lowest BCUT2D eigenvalue weighted by Crippen LogP contribution is -2.10. The first-order chi connectivity index (χ1) is 6.09. The molecule has 0 fully saturated rings. The fraction of sp³-hybridized carbons (Fsp3) is 0.143. The van der Waals surface area contributed by atoms with Crippen molar-refractivity contribution in [1.82, 2.24) is 15.0 Å². The molecule has 1 N–H and O–H groups in total. The van der Waals surface area contributed by atoms with Crippen LogP contribution in [-0.2, 0) is 4.79 Å². The molecule has 0 atom stereocenters. The Bertz CT molecular complexity index is 399. The first kappa shape index (κ1) is 9.53. The maximum Gasteiger partial charge on any atom is 0.340 e. The maximum absolute atomic E-state index is 11.0. The van der Waals surface area contributed by atoms with E-state index in [9.17, 15) is 4.79 Å².